The molecule has 1 fully saturated rings. The number of amides is 1. The second kappa shape index (κ2) is 5.06. The lowest BCUT2D eigenvalue weighted by atomic mass is 10.1. The van der Waals surface area contributed by atoms with Gasteiger partial charge >= 0.3 is 6.18 Å². The van der Waals surface area contributed by atoms with Crippen molar-refractivity contribution >= 4 is 21.8 Å². The summed E-state index contributed by atoms with van der Waals surface area (Å²) < 4.78 is 39.1. The highest BCUT2D eigenvalue weighted by Gasteiger charge is 2.45. The number of carbonyl (C=O) groups is 1. The molecule has 1 amide bonds. The number of hydrogen-bond acceptors (Lipinski definition) is 1. The van der Waals surface area contributed by atoms with Crippen LogP contribution in [-0.2, 0) is 6.18 Å². The Hall–Kier alpha value is -1.04. The predicted octanol–water partition coefficient (Wildman–Crippen LogP) is 4.24. The van der Waals surface area contributed by atoms with Gasteiger partial charge < -0.3 is 5.32 Å². The average Bonchev–Trinajstić information content (AvgIpc) is 2.93. The lowest BCUT2D eigenvalue weighted by Gasteiger charge is -2.13. The Morgan fingerprint density at radius 1 is 1.45 bits per heavy atom. The summed E-state index contributed by atoms with van der Waals surface area (Å²) in [5.74, 6) is -0.330. The van der Waals surface area contributed by atoms with Gasteiger partial charge in [-0.05, 0) is 36.0 Å². The maximum Gasteiger partial charge on any atom is 0.417 e. The molecule has 1 aromatic carbocycles. The van der Waals surface area contributed by atoms with Crippen LogP contribution >= 0.6 is 15.9 Å². The topological polar surface area (TPSA) is 29.1 Å². The standard InChI is InChI=1S/C14H15BrF3NO/c1-13(2)6-8(13)7-19-12(20)10-4-3-9(15)5-11(10)14(16,17)18/h3-5,8H,6-7H2,1-2H3,(H,19,20). The number of alkyl halides is 3. The highest BCUT2D eigenvalue weighted by molar-refractivity contribution is 9.10. The van der Waals surface area contributed by atoms with Crippen LogP contribution in [0.25, 0.3) is 0 Å². The van der Waals surface area contributed by atoms with Gasteiger partial charge in [-0.15, -0.1) is 0 Å². The Kier molecular flexibility index (Phi) is 3.88. The third-order valence-electron chi connectivity index (χ3n) is 3.76. The molecule has 0 aromatic heterocycles. The van der Waals surface area contributed by atoms with E-state index in [9.17, 15) is 18.0 Å². The summed E-state index contributed by atoms with van der Waals surface area (Å²) in [6, 6.07) is 3.56. The second-order valence-electron chi connectivity index (χ2n) is 5.79. The molecule has 2 nitrogen and oxygen atoms in total. The van der Waals surface area contributed by atoms with Crippen LogP contribution < -0.4 is 5.32 Å². The number of halogens is 4. The van der Waals surface area contributed by atoms with E-state index < -0.39 is 17.6 Å². The van der Waals surface area contributed by atoms with E-state index in [4.69, 9.17) is 0 Å². The first kappa shape index (κ1) is 15.4. The Balaban J connectivity index is 2.13. The van der Waals surface area contributed by atoms with E-state index in [1.54, 1.807) is 0 Å². The molecule has 0 saturated heterocycles. The molecule has 1 aromatic rings. The van der Waals surface area contributed by atoms with E-state index in [2.05, 4.69) is 35.1 Å². The lowest BCUT2D eigenvalue weighted by molar-refractivity contribution is -0.138. The van der Waals surface area contributed by atoms with Gasteiger partial charge in [0.05, 0.1) is 11.1 Å². The van der Waals surface area contributed by atoms with Crippen LogP contribution in [0.1, 0.15) is 36.2 Å². The molecule has 1 atom stereocenters. The second-order valence-corrected chi connectivity index (χ2v) is 6.70. The third-order valence-corrected chi connectivity index (χ3v) is 4.25. The van der Waals surface area contributed by atoms with Crippen LogP contribution in [-0.4, -0.2) is 12.5 Å². The minimum Gasteiger partial charge on any atom is -0.352 e. The zero-order valence-corrected chi connectivity index (χ0v) is 12.7. The molecule has 0 heterocycles. The van der Waals surface area contributed by atoms with Gasteiger partial charge in [0, 0.05) is 11.0 Å². The summed E-state index contributed by atoms with van der Waals surface area (Å²) in [4.78, 5) is 11.9. The van der Waals surface area contributed by atoms with E-state index >= 15 is 0 Å². The van der Waals surface area contributed by atoms with Crippen molar-refractivity contribution in [3.63, 3.8) is 0 Å². The number of nitrogens with one attached hydrogen (secondary N) is 1. The number of carbonyl (C=O) groups excluding carboxylic acids is 1. The summed E-state index contributed by atoms with van der Waals surface area (Å²) in [5, 5.41) is 2.59. The van der Waals surface area contributed by atoms with Gasteiger partial charge in [0.1, 0.15) is 0 Å². The molecule has 1 unspecified atom stereocenters. The molecule has 2 rings (SSSR count). The first-order chi connectivity index (χ1) is 9.11. The highest BCUT2D eigenvalue weighted by atomic mass is 79.9. The summed E-state index contributed by atoms with van der Waals surface area (Å²) >= 11 is 2.99. The summed E-state index contributed by atoms with van der Waals surface area (Å²) in [6.07, 6.45) is -3.56. The van der Waals surface area contributed by atoms with Crippen LogP contribution in [0.15, 0.2) is 22.7 Å². The van der Waals surface area contributed by atoms with Crippen LogP contribution in [0.5, 0.6) is 0 Å². The molecule has 1 aliphatic rings. The van der Waals surface area contributed by atoms with E-state index in [1.165, 1.54) is 12.1 Å². The fourth-order valence-electron chi connectivity index (χ4n) is 2.18. The molecule has 20 heavy (non-hydrogen) atoms. The first-order valence-electron chi connectivity index (χ1n) is 6.26. The highest BCUT2D eigenvalue weighted by Crippen LogP contribution is 2.51. The molecule has 1 saturated carbocycles. The van der Waals surface area contributed by atoms with Crippen LogP contribution in [0.2, 0.25) is 0 Å². The fraction of sp³-hybridized carbons (Fsp3) is 0.500. The maximum absolute atomic E-state index is 12.9. The van der Waals surface area contributed by atoms with E-state index in [0.29, 0.717) is 16.9 Å². The zero-order valence-electron chi connectivity index (χ0n) is 11.1. The lowest BCUT2D eigenvalue weighted by Crippen LogP contribution is -2.28. The molecule has 0 aliphatic heterocycles. The van der Waals surface area contributed by atoms with Gasteiger partial charge in [-0.2, -0.15) is 13.2 Å². The van der Waals surface area contributed by atoms with Gasteiger partial charge in [-0.25, -0.2) is 0 Å². The van der Waals surface area contributed by atoms with Crippen molar-refractivity contribution in [1.29, 1.82) is 0 Å². The third kappa shape index (κ3) is 3.34. The first-order valence-corrected chi connectivity index (χ1v) is 7.05. The largest absolute Gasteiger partial charge is 0.417 e. The summed E-state index contributed by atoms with van der Waals surface area (Å²) in [6.45, 7) is 4.56. The Labute approximate surface area is 123 Å². The summed E-state index contributed by atoms with van der Waals surface area (Å²) in [5.41, 5.74) is -1.07. The van der Waals surface area contributed by atoms with Gasteiger partial charge in [0.25, 0.3) is 5.91 Å². The van der Waals surface area contributed by atoms with Crippen molar-refractivity contribution < 1.29 is 18.0 Å². The molecule has 110 valence electrons. The smallest absolute Gasteiger partial charge is 0.352 e. The van der Waals surface area contributed by atoms with Crippen LogP contribution in [0.4, 0.5) is 13.2 Å². The Bertz CT molecular complexity index is 540. The van der Waals surface area contributed by atoms with E-state index in [-0.39, 0.29) is 11.0 Å². The minimum atomic E-state index is -4.55. The van der Waals surface area contributed by atoms with Crippen molar-refractivity contribution in [3.05, 3.63) is 33.8 Å². The monoisotopic (exact) mass is 349 g/mol. The van der Waals surface area contributed by atoms with Gasteiger partial charge in [0.15, 0.2) is 0 Å². The number of benzene rings is 1. The van der Waals surface area contributed by atoms with Crippen molar-refractivity contribution in [2.24, 2.45) is 11.3 Å². The molecular weight excluding hydrogens is 335 g/mol. The number of rotatable bonds is 3. The average molecular weight is 350 g/mol. The molecule has 0 bridgehead atoms. The Morgan fingerprint density at radius 2 is 2.05 bits per heavy atom. The van der Waals surface area contributed by atoms with E-state index in [0.717, 1.165) is 12.5 Å². The quantitative estimate of drug-likeness (QED) is 0.868. The minimum absolute atomic E-state index is 0.180. The molecular formula is C14H15BrF3NO. The molecule has 1 N–H and O–H groups in total. The van der Waals surface area contributed by atoms with Crippen molar-refractivity contribution in [2.75, 3.05) is 6.54 Å². The summed E-state index contributed by atoms with van der Waals surface area (Å²) in [7, 11) is 0. The van der Waals surface area contributed by atoms with Gasteiger partial charge in [-0.3, -0.25) is 4.79 Å². The Morgan fingerprint density at radius 3 is 2.55 bits per heavy atom. The van der Waals surface area contributed by atoms with Crippen LogP contribution in [0.3, 0.4) is 0 Å². The molecule has 0 spiro atoms. The fourth-order valence-corrected chi connectivity index (χ4v) is 2.55. The van der Waals surface area contributed by atoms with Gasteiger partial charge in [-0.1, -0.05) is 29.8 Å². The SMILES string of the molecule is CC1(C)CC1CNC(=O)c1ccc(Br)cc1C(F)(F)F. The normalized spacial score (nSPS) is 20.6. The zero-order chi connectivity index (χ0) is 15.1. The molecule has 0 radical (unpaired) electrons. The van der Waals surface area contributed by atoms with Crippen molar-refractivity contribution in [2.45, 2.75) is 26.4 Å². The van der Waals surface area contributed by atoms with Gasteiger partial charge in [0.2, 0.25) is 0 Å². The molecule has 6 heteroatoms. The van der Waals surface area contributed by atoms with Crippen molar-refractivity contribution in [1.82, 2.24) is 5.32 Å². The van der Waals surface area contributed by atoms with Crippen LogP contribution in [0, 0.1) is 11.3 Å². The maximum atomic E-state index is 12.9. The molecule has 1 aliphatic carbocycles. The van der Waals surface area contributed by atoms with E-state index in [1.807, 2.05) is 0 Å². The van der Waals surface area contributed by atoms with Crippen molar-refractivity contribution in [3.8, 4) is 0 Å². The predicted molar refractivity (Wildman–Crippen MR) is 73.4 cm³/mol. The number of hydrogen-bond donors (Lipinski definition) is 1.